The van der Waals surface area contributed by atoms with Crippen molar-refractivity contribution in [3.8, 4) is 0 Å². The van der Waals surface area contributed by atoms with Crippen molar-refractivity contribution in [3.63, 3.8) is 0 Å². The summed E-state index contributed by atoms with van der Waals surface area (Å²) >= 11 is 11.6. The van der Waals surface area contributed by atoms with E-state index in [4.69, 9.17) is 23.2 Å². The average molecular weight is 311 g/mol. The van der Waals surface area contributed by atoms with Crippen LogP contribution < -0.4 is 5.32 Å². The van der Waals surface area contributed by atoms with Crippen LogP contribution in [0.25, 0.3) is 0 Å². The molecule has 0 aliphatic heterocycles. The first-order chi connectivity index (χ1) is 9.58. The molecule has 1 aromatic carbocycles. The van der Waals surface area contributed by atoms with Gasteiger partial charge in [0.2, 0.25) is 0 Å². The third-order valence-corrected chi connectivity index (χ3v) is 3.18. The van der Waals surface area contributed by atoms with Gasteiger partial charge in [-0.1, -0.05) is 53.5 Å². The van der Waals surface area contributed by atoms with Crippen molar-refractivity contribution in [1.82, 2.24) is 10.3 Å². The molecule has 2 rings (SSSR count). The van der Waals surface area contributed by atoms with Crippen LogP contribution in [0.5, 0.6) is 0 Å². The number of benzene rings is 1. The molecule has 0 saturated carbocycles. The number of hydrogen-bond acceptors (Lipinski definition) is 3. The van der Waals surface area contributed by atoms with Crippen molar-refractivity contribution in [3.05, 3.63) is 63.9 Å². The first kappa shape index (κ1) is 14.8. The van der Waals surface area contributed by atoms with E-state index in [1.165, 1.54) is 12.1 Å². The number of aliphatic hydroxyl groups excluding tert-OH is 1. The average Bonchev–Trinajstić information content (AvgIpc) is 2.47. The van der Waals surface area contributed by atoms with Gasteiger partial charge in [0.15, 0.2) is 0 Å². The lowest BCUT2D eigenvalue weighted by atomic mass is 10.1. The van der Waals surface area contributed by atoms with Crippen LogP contribution in [0.3, 0.4) is 0 Å². The molecule has 0 aliphatic carbocycles. The maximum atomic E-state index is 11.9. The fourth-order valence-corrected chi connectivity index (χ4v) is 1.98. The number of halogens is 2. The molecule has 104 valence electrons. The van der Waals surface area contributed by atoms with Crippen LogP contribution in [0.2, 0.25) is 10.2 Å². The molecule has 1 heterocycles. The van der Waals surface area contributed by atoms with E-state index in [9.17, 15) is 9.90 Å². The van der Waals surface area contributed by atoms with E-state index in [1.807, 2.05) is 18.2 Å². The Morgan fingerprint density at radius 1 is 1.20 bits per heavy atom. The topological polar surface area (TPSA) is 62.2 Å². The van der Waals surface area contributed by atoms with Gasteiger partial charge in [-0.2, -0.15) is 0 Å². The fraction of sp³-hybridized carbons (Fsp3) is 0.143. The second-order valence-corrected chi connectivity index (χ2v) is 4.90. The molecule has 6 heteroatoms. The Kier molecular flexibility index (Phi) is 4.95. The molecule has 2 N–H and O–H groups in total. The third-order valence-electron chi connectivity index (χ3n) is 2.67. The van der Waals surface area contributed by atoms with Crippen molar-refractivity contribution in [1.29, 1.82) is 0 Å². The number of carbonyl (C=O) groups is 1. The van der Waals surface area contributed by atoms with E-state index < -0.39 is 12.0 Å². The van der Waals surface area contributed by atoms with E-state index >= 15 is 0 Å². The highest BCUT2D eigenvalue weighted by Gasteiger charge is 2.15. The number of carbonyl (C=O) groups excluding carboxylic acids is 1. The Bertz CT molecular complexity index is 605. The quantitative estimate of drug-likeness (QED) is 0.854. The van der Waals surface area contributed by atoms with Gasteiger partial charge in [0, 0.05) is 6.54 Å². The van der Waals surface area contributed by atoms with Crippen LogP contribution in [-0.2, 0) is 0 Å². The molecule has 0 saturated heterocycles. The molecule has 1 atom stereocenters. The Morgan fingerprint density at radius 2 is 1.90 bits per heavy atom. The van der Waals surface area contributed by atoms with Gasteiger partial charge >= 0.3 is 0 Å². The van der Waals surface area contributed by atoms with Crippen LogP contribution in [0.1, 0.15) is 22.2 Å². The minimum Gasteiger partial charge on any atom is -0.387 e. The van der Waals surface area contributed by atoms with Crippen molar-refractivity contribution < 1.29 is 9.90 Å². The predicted molar refractivity (Wildman–Crippen MR) is 78.0 cm³/mol. The monoisotopic (exact) mass is 310 g/mol. The lowest BCUT2D eigenvalue weighted by Crippen LogP contribution is -2.29. The number of hydrogen-bond donors (Lipinski definition) is 2. The van der Waals surface area contributed by atoms with Gasteiger partial charge in [-0.25, -0.2) is 4.98 Å². The molecule has 20 heavy (non-hydrogen) atoms. The summed E-state index contributed by atoms with van der Waals surface area (Å²) in [5.41, 5.74) is 0.761. The Hall–Kier alpha value is -1.62. The summed E-state index contributed by atoms with van der Waals surface area (Å²) in [6.45, 7) is 0.0629. The summed E-state index contributed by atoms with van der Waals surface area (Å²) in [4.78, 5) is 15.8. The third kappa shape index (κ3) is 3.70. The van der Waals surface area contributed by atoms with E-state index in [0.717, 1.165) is 5.56 Å². The summed E-state index contributed by atoms with van der Waals surface area (Å²) in [7, 11) is 0. The summed E-state index contributed by atoms with van der Waals surface area (Å²) in [6.07, 6.45) is -0.793. The highest BCUT2D eigenvalue weighted by atomic mass is 35.5. The van der Waals surface area contributed by atoms with E-state index in [2.05, 4.69) is 10.3 Å². The highest BCUT2D eigenvalue weighted by Crippen LogP contribution is 2.17. The number of pyridine rings is 1. The molecule has 0 radical (unpaired) electrons. The van der Waals surface area contributed by atoms with Crippen molar-refractivity contribution in [2.24, 2.45) is 0 Å². The molecular formula is C14H12Cl2N2O2. The van der Waals surface area contributed by atoms with E-state index in [0.29, 0.717) is 0 Å². The molecule has 0 fully saturated rings. The minimum atomic E-state index is -0.793. The minimum absolute atomic E-state index is 0.0411. The molecular weight excluding hydrogens is 299 g/mol. The molecule has 0 spiro atoms. The number of nitrogens with zero attached hydrogens (tertiary/aromatic N) is 1. The van der Waals surface area contributed by atoms with Crippen LogP contribution >= 0.6 is 23.2 Å². The SMILES string of the molecule is O=C(NCC(O)c1ccccc1)c1nc(Cl)ccc1Cl. The van der Waals surface area contributed by atoms with Crippen molar-refractivity contribution in [2.45, 2.75) is 6.10 Å². The molecule has 1 amide bonds. The zero-order valence-corrected chi connectivity index (χ0v) is 11.9. The van der Waals surface area contributed by atoms with Gasteiger partial charge in [0.1, 0.15) is 10.8 Å². The lowest BCUT2D eigenvalue weighted by molar-refractivity contribution is 0.0911. The van der Waals surface area contributed by atoms with Crippen molar-refractivity contribution >= 4 is 29.1 Å². The predicted octanol–water partition coefficient (Wildman–Crippen LogP) is 2.85. The van der Waals surface area contributed by atoms with Gasteiger partial charge in [-0.15, -0.1) is 0 Å². The second kappa shape index (κ2) is 6.70. The summed E-state index contributed by atoms with van der Waals surface area (Å²) < 4.78 is 0. The Labute approximate surface area is 126 Å². The molecule has 1 aromatic heterocycles. The Morgan fingerprint density at radius 3 is 2.60 bits per heavy atom. The van der Waals surface area contributed by atoms with Crippen LogP contribution in [-0.4, -0.2) is 22.5 Å². The molecule has 0 aliphatic rings. The van der Waals surface area contributed by atoms with Crippen LogP contribution in [0.4, 0.5) is 0 Å². The Balaban J connectivity index is 2.00. The maximum Gasteiger partial charge on any atom is 0.271 e. The first-order valence-corrected chi connectivity index (χ1v) is 6.67. The molecule has 4 nitrogen and oxygen atoms in total. The fourth-order valence-electron chi connectivity index (χ4n) is 1.64. The standard InChI is InChI=1S/C14H12Cl2N2O2/c15-10-6-7-12(16)18-13(10)14(20)17-8-11(19)9-4-2-1-3-5-9/h1-7,11,19H,8H2,(H,17,20). The molecule has 2 aromatic rings. The maximum absolute atomic E-state index is 11.9. The van der Waals surface area contributed by atoms with Gasteiger partial charge < -0.3 is 10.4 Å². The molecule has 1 unspecified atom stereocenters. The van der Waals surface area contributed by atoms with E-state index in [-0.39, 0.29) is 22.4 Å². The van der Waals surface area contributed by atoms with Gasteiger partial charge in [0.25, 0.3) is 5.91 Å². The molecule has 0 bridgehead atoms. The van der Waals surface area contributed by atoms with E-state index in [1.54, 1.807) is 12.1 Å². The first-order valence-electron chi connectivity index (χ1n) is 5.91. The summed E-state index contributed by atoms with van der Waals surface area (Å²) in [5, 5.41) is 12.9. The number of amides is 1. The van der Waals surface area contributed by atoms with Crippen LogP contribution in [0, 0.1) is 0 Å². The van der Waals surface area contributed by atoms with Gasteiger partial charge in [0.05, 0.1) is 11.1 Å². The summed E-state index contributed by atoms with van der Waals surface area (Å²) in [6, 6.07) is 12.0. The summed E-state index contributed by atoms with van der Waals surface area (Å²) in [5.74, 6) is -0.479. The van der Waals surface area contributed by atoms with Crippen LogP contribution in [0.15, 0.2) is 42.5 Å². The largest absolute Gasteiger partial charge is 0.387 e. The number of rotatable bonds is 4. The van der Waals surface area contributed by atoms with Crippen molar-refractivity contribution in [2.75, 3.05) is 6.54 Å². The van der Waals surface area contributed by atoms with Gasteiger partial charge in [-0.3, -0.25) is 4.79 Å². The zero-order chi connectivity index (χ0) is 14.5. The zero-order valence-electron chi connectivity index (χ0n) is 10.4. The number of nitrogens with one attached hydrogen (secondary N) is 1. The second-order valence-electron chi connectivity index (χ2n) is 4.10. The van der Waals surface area contributed by atoms with Gasteiger partial charge in [-0.05, 0) is 17.7 Å². The highest BCUT2D eigenvalue weighted by molar-refractivity contribution is 6.34. The number of aromatic nitrogens is 1. The lowest BCUT2D eigenvalue weighted by Gasteiger charge is -2.12. The smallest absolute Gasteiger partial charge is 0.271 e. The number of aliphatic hydroxyl groups is 1. The normalized spacial score (nSPS) is 11.9.